The SMILES string of the molecule is OC[C@H]1O[C@@H](O[C@@H](CCc2ccc(O)c(O)c2)C[C@@H](O)CCc2ccc(O)c(O)c2)[C@H](O)[C@@H](O)[C@@H]1O. The molecule has 0 radical (unpaired) electrons. The fourth-order valence-electron chi connectivity index (χ4n) is 4.14. The number of benzene rings is 2. The number of aliphatic hydroxyl groups is 5. The summed E-state index contributed by atoms with van der Waals surface area (Å²) in [6.07, 6.45) is -7.37. The van der Waals surface area contributed by atoms with E-state index in [-0.39, 0.29) is 29.4 Å². The zero-order valence-electron chi connectivity index (χ0n) is 19.6. The van der Waals surface area contributed by atoms with E-state index >= 15 is 0 Å². The summed E-state index contributed by atoms with van der Waals surface area (Å²) in [7, 11) is 0. The van der Waals surface area contributed by atoms with Crippen LogP contribution in [0.25, 0.3) is 0 Å². The lowest BCUT2D eigenvalue weighted by Gasteiger charge is -2.41. The Hall–Kier alpha value is -2.64. The Kier molecular flexibility index (Phi) is 9.74. The zero-order valence-corrected chi connectivity index (χ0v) is 19.6. The van der Waals surface area contributed by atoms with E-state index in [1.54, 1.807) is 12.1 Å². The van der Waals surface area contributed by atoms with E-state index in [2.05, 4.69) is 0 Å². The molecule has 0 aromatic heterocycles. The van der Waals surface area contributed by atoms with Gasteiger partial charge in [0.25, 0.3) is 0 Å². The van der Waals surface area contributed by atoms with Gasteiger partial charge in [-0.15, -0.1) is 0 Å². The molecule has 0 aliphatic carbocycles. The molecule has 1 fully saturated rings. The number of phenolic OH excluding ortho intramolecular Hbond substituents is 4. The molecule has 11 heteroatoms. The van der Waals surface area contributed by atoms with Crippen LogP contribution in [0.15, 0.2) is 36.4 Å². The van der Waals surface area contributed by atoms with Crippen molar-refractivity contribution < 1.29 is 55.4 Å². The Labute approximate surface area is 208 Å². The third-order valence-corrected chi connectivity index (χ3v) is 6.31. The average molecular weight is 511 g/mol. The predicted molar refractivity (Wildman–Crippen MR) is 125 cm³/mol. The Morgan fingerprint density at radius 3 is 1.83 bits per heavy atom. The number of hydrogen-bond acceptors (Lipinski definition) is 11. The van der Waals surface area contributed by atoms with Gasteiger partial charge in [0.2, 0.25) is 0 Å². The van der Waals surface area contributed by atoms with E-state index < -0.39 is 49.5 Å². The molecule has 1 heterocycles. The summed E-state index contributed by atoms with van der Waals surface area (Å²) in [4.78, 5) is 0. The van der Waals surface area contributed by atoms with Gasteiger partial charge in [0.1, 0.15) is 24.4 Å². The molecule has 1 aliphatic heterocycles. The molecule has 7 atom stereocenters. The highest BCUT2D eigenvalue weighted by Crippen LogP contribution is 2.29. The maximum absolute atomic E-state index is 10.7. The summed E-state index contributed by atoms with van der Waals surface area (Å²) >= 11 is 0. The Bertz CT molecular complexity index is 982. The standard InChI is InChI=1S/C25H34O11/c26-12-21-22(32)23(33)24(34)25(36-21)35-16(6-2-14-4-8-18(29)20(31)10-14)11-15(27)5-1-13-3-7-17(28)19(30)9-13/h3-4,7-10,15-16,21-34H,1-2,5-6,11-12H2/t15-,16-,21+,22+,23-,24+,25+/m0/s1. The van der Waals surface area contributed by atoms with Gasteiger partial charge < -0.3 is 55.4 Å². The molecule has 2 aromatic carbocycles. The van der Waals surface area contributed by atoms with E-state index in [9.17, 15) is 46.0 Å². The van der Waals surface area contributed by atoms with Crippen LogP contribution in [0.2, 0.25) is 0 Å². The van der Waals surface area contributed by atoms with Crippen LogP contribution < -0.4 is 0 Å². The molecule has 1 aliphatic rings. The van der Waals surface area contributed by atoms with Gasteiger partial charge in [-0.2, -0.15) is 0 Å². The zero-order chi connectivity index (χ0) is 26.4. The molecule has 11 nitrogen and oxygen atoms in total. The van der Waals surface area contributed by atoms with Crippen molar-refractivity contribution in [2.45, 2.75) is 75.0 Å². The Morgan fingerprint density at radius 1 is 0.750 bits per heavy atom. The van der Waals surface area contributed by atoms with Gasteiger partial charge in [-0.1, -0.05) is 12.1 Å². The molecule has 9 N–H and O–H groups in total. The number of hydrogen-bond donors (Lipinski definition) is 9. The molecular formula is C25H34O11. The van der Waals surface area contributed by atoms with Crippen LogP contribution in [0.1, 0.15) is 30.4 Å². The summed E-state index contributed by atoms with van der Waals surface area (Å²) in [5, 5.41) is 88.9. The second-order valence-electron chi connectivity index (χ2n) is 9.07. The van der Waals surface area contributed by atoms with Gasteiger partial charge in [0.05, 0.1) is 18.8 Å². The lowest BCUT2D eigenvalue weighted by Crippen LogP contribution is -2.59. The highest BCUT2D eigenvalue weighted by atomic mass is 16.7. The van der Waals surface area contributed by atoms with Crippen molar-refractivity contribution in [3.8, 4) is 23.0 Å². The molecule has 1 saturated heterocycles. The first kappa shape index (κ1) is 27.9. The van der Waals surface area contributed by atoms with Crippen molar-refractivity contribution in [1.82, 2.24) is 0 Å². The third kappa shape index (κ3) is 7.20. The van der Waals surface area contributed by atoms with Crippen molar-refractivity contribution in [2.24, 2.45) is 0 Å². The molecule has 3 rings (SSSR count). The number of phenols is 4. The molecule has 0 bridgehead atoms. The van der Waals surface area contributed by atoms with Gasteiger partial charge in [-0.25, -0.2) is 0 Å². The summed E-state index contributed by atoms with van der Waals surface area (Å²) in [5.41, 5.74) is 1.39. The van der Waals surface area contributed by atoms with E-state index in [0.717, 1.165) is 0 Å². The lowest BCUT2D eigenvalue weighted by atomic mass is 9.97. The fourth-order valence-corrected chi connectivity index (χ4v) is 4.14. The molecule has 2 aromatic rings. The number of aryl methyl sites for hydroxylation is 2. The van der Waals surface area contributed by atoms with Crippen molar-refractivity contribution in [2.75, 3.05) is 6.61 Å². The minimum Gasteiger partial charge on any atom is -0.504 e. The number of rotatable bonds is 11. The summed E-state index contributed by atoms with van der Waals surface area (Å²) < 4.78 is 11.3. The van der Waals surface area contributed by atoms with Crippen LogP contribution in [-0.4, -0.2) is 95.5 Å². The maximum atomic E-state index is 10.7. The minimum atomic E-state index is -1.61. The minimum absolute atomic E-state index is 0.100. The quantitative estimate of drug-likeness (QED) is 0.184. The van der Waals surface area contributed by atoms with Crippen molar-refractivity contribution in [3.63, 3.8) is 0 Å². The van der Waals surface area contributed by atoms with Crippen LogP contribution in [0.5, 0.6) is 23.0 Å². The predicted octanol–water partition coefficient (Wildman–Crippen LogP) is 0.0105. The Morgan fingerprint density at radius 2 is 1.31 bits per heavy atom. The van der Waals surface area contributed by atoms with Crippen molar-refractivity contribution in [1.29, 1.82) is 0 Å². The number of aromatic hydroxyl groups is 4. The third-order valence-electron chi connectivity index (χ3n) is 6.31. The van der Waals surface area contributed by atoms with Gasteiger partial charge in [-0.05, 0) is 67.5 Å². The molecule has 0 unspecified atom stereocenters. The molecule has 0 saturated carbocycles. The summed E-state index contributed by atoms with van der Waals surface area (Å²) in [5.74, 6) is -1.05. The fraction of sp³-hybridized carbons (Fsp3) is 0.520. The van der Waals surface area contributed by atoms with E-state index in [1.165, 1.54) is 24.3 Å². The summed E-state index contributed by atoms with van der Waals surface area (Å²) in [6, 6.07) is 8.75. The van der Waals surface area contributed by atoms with Gasteiger partial charge in [-0.3, -0.25) is 0 Å². The van der Waals surface area contributed by atoms with Gasteiger partial charge >= 0.3 is 0 Å². The number of ether oxygens (including phenoxy) is 2. The van der Waals surface area contributed by atoms with E-state index in [1.807, 2.05) is 0 Å². The molecular weight excluding hydrogens is 476 g/mol. The van der Waals surface area contributed by atoms with Crippen LogP contribution in [-0.2, 0) is 22.3 Å². The second kappa shape index (κ2) is 12.5. The van der Waals surface area contributed by atoms with E-state index in [0.29, 0.717) is 36.8 Å². The van der Waals surface area contributed by atoms with Crippen molar-refractivity contribution >= 4 is 0 Å². The number of aliphatic hydroxyl groups excluding tert-OH is 5. The first-order chi connectivity index (χ1) is 17.1. The summed E-state index contributed by atoms with van der Waals surface area (Å²) in [6.45, 7) is -0.607. The van der Waals surface area contributed by atoms with Crippen LogP contribution >= 0.6 is 0 Å². The van der Waals surface area contributed by atoms with Crippen molar-refractivity contribution in [3.05, 3.63) is 47.5 Å². The largest absolute Gasteiger partial charge is 0.504 e. The van der Waals surface area contributed by atoms with Gasteiger partial charge in [0.15, 0.2) is 29.3 Å². The van der Waals surface area contributed by atoms with Gasteiger partial charge in [0, 0.05) is 0 Å². The lowest BCUT2D eigenvalue weighted by molar-refractivity contribution is -0.313. The van der Waals surface area contributed by atoms with Crippen LogP contribution in [0, 0.1) is 0 Å². The van der Waals surface area contributed by atoms with Crippen LogP contribution in [0.4, 0.5) is 0 Å². The Balaban J connectivity index is 1.67. The average Bonchev–Trinajstić information content (AvgIpc) is 2.85. The first-order valence-electron chi connectivity index (χ1n) is 11.7. The van der Waals surface area contributed by atoms with Crippen LogP contribution in [0.3, 0.4) is 0 Å². The van der Waals surface area contributed by atoms with E-state index in [4.69, 9.17) is 9.47 Å². The molecule has 200 valence electrons. The molecule has 36 heavy (non-hydrogen) atoms. The topological polar surface area (TPSA) is 201 Å². The molecule has 0 amide bonds. The smallest absolute Gasteiger partial charge is 0.186 e. The normalized spacial score (nSPS) is 26.0. The molecule has 0 spiro atoms. The first-order valence-corrected chi connectivity index (χ1v) is 11.7. The highest BCUT2D eigenvalue weighted by Gasteiger charge is 2.44. The maximum Gasteiger partial charge on any atom is 0.186 e. The second-order valence-corrected chi connectivity index (χ2v) is 9.07. The highest BCUT2D eigenvalue weighted by molar-refractivity contribution is 5.41. The monoisotopic (exact) mass is 510 g/mol.